The molecule has 2 heterocycles. The predicted octanol–water partition coefficient (Wildman–Crippen LogP) is 3.26. The van der Waals surface area contributed by atoms with Gasteiger partial charge < -0.3 is 14.5 Å². The third kappa shape index (κ3) is 4.22. The molecule has 0 aliphatic carbocycles. The molecule has 2 aliphatic rings. The quantitative estimate of drug-likeness (QED) is 0.794. The molecular weight excluding hydrogens is 369 g/mol. The minimum absolute atomic E-state index is 0.0390. The van der Waals surface area contributed by atoms with E-state index in [9.17, 15) is 9.18 Å². The highest BCUT2D eigenvalue weighted by Crippen LogP contribution is 2.25. The van der Waals surface area contributed by atoms with Gasteiger partial charge in [0.15, 0.2) is 0 Å². The number of likely N-dealkylation sites (tertiary alicyclic amines) is 1. The smallest absolute Gasteiger partial charge is 0.257 e. The van der Waals surface area contributed by atoms with Crippen LogP contribution in [0.3, 0.4) is 0 Å². The molecule has 0 bridgehead atoms. The van der Waals surface area contributed by atoms with Crippen molar-refractivity contribution in [2.45, 2.75) is 18.9 Å². The van der Waals surface area contributed by atoms with Crippen molar-refractivity contribution in [3.63, 3.8) is 0 Å². The van der Waals surface area contributed by atoms with Crippen molar-refractivity contribution >= 4 is 11.6 Å². The second kappa shape index (κ2) is 8.82. The lowest BCUT2D eigenvalue weighted by Gasteiger charge is -2.44. The molecule has 2 aliphatic heterocycles. The zero-order valence-electron chi connectivity index (χ0n) is 16.9. The van der Waals surface area contributed by atoms with E-state index >= 15 is 0 Å². The number of halogens is 1. The molecular formula is C23H28FN3O2. The van der Waals surface area contributed by atoms with Crippen LogP contribution in [0.15, 0.2) is 48.5 Å². The SMILES string of the molecule is COc1ccccc1C(=O)N1CCC[C@@H](N2CCN(c3ccccc3F)CC2)C1. The molecule has 154 valence electrons. The number of ether oxygens (including phenoxy) is 1. The summed E-state index contributed by atoms with van der Waals surface area (Å²) in [6.45, 7) is 4.89. The summed E-state index contributed by atoms with van der Waals surface area (Å²) in [5.41, 5.74) is 1.31. The van der Waals surface area contributed by atoms with Gasteiger partial charge in [-0.1, -0.05) is 24.3 Å². The number of piperidine rings is 1. The first kappa shape index (κ1) is 19.7. The molecule has 6 heteroatoms. The van der Waals surface area contributed by atoms with Crippen molar-refractivity contribution in [2.75, 3.05) is 51.3 Å². The van der Waals surface area contributed by atoms with Gasteiger partial charge in [0.1, 0.15) is 11.6 Å². The summed E-state index contributed by atoms with van der Waals surface area (Å²) >= 11 is 0. The maximum Gasteiger partial charge on any atom is 0.257 e. The number of rotatable bonds is 4. The van der Waals surface area contributed by atoms with Gasteiger partial charge in [0, 0.05) is 45.3 Å². The number of carbonyl (C=O) groups excluding carboxylic acids is 1. The minimum atomic E-state index is -0.160. The zero-order chi connectivity index (χ0) is 20.2. The lowest BCUT2D eigenvalue weighted by Crippen LogP contribution is -2.56. The molecule has 0 N–H and O–H groups in total. The van der Waals surface area contributed by atoms with E-state index < -0.39 is 0 Å². The summed E-state index contributed by atoms with van der Waals surface area (Å²) in [7, 11) is 1.60. The summed E-state index contributed by atoms with van der Waals surface area (Å²) in [4.78, 5) is 19.6. The van der Waals surface area contributed by atoms with Crippen LogP contribution in [0.1, 0.15) is 23.2 Å². The number of benzene rings is 2. The van der Waals surface area contributed by atoms with Gasteiger partial charge >= 0.3 is 0 Å². The molecule has 1 amide bonds. The van der Waals surface area contributed by atoms with E-state index in [1.165, 1.54) is 6.07 Å². The van der Waals surface area contributed by atoms with Crippen molar-refractivity contribution in [1.82, 2.24) is 9.80 Å². The Labute approximate surface area is 171 Å². The molecule has 2 fully saturated rings. The Morgan fingerprint density at radius 1 is 1.00 bits per heavy atom. The lowest BCUT2D eigenvalue weighted by atomic mass is 10.0. The van der Waals surface area contributed by atoms with Gasteiger partial charge in [-0.25, -0.2) is 4.39 Å². The average Bonchev–Trinajstić information content (AvgIpc) is 2.79. The third-order valence-corrected chi connectivity index (χ3v) is 6.04. The Morgan fingerprint density at radius 3 is 2.48 bits per heavy atom. The van der Waals surface area contributed by atoms with Gasteiger partial charge in [0.2, 0.25) is 0 Å². The van der Waals surface area contributed by atoms with Crippen LogP contribution in [0, 0.1) is 5.82 Å². The molecule has 0 radical (unpaired) electrons. The average molecular weight is 397 g/mol. The Morgan fingerprint density at radius 2 is 1.72 bits per heavy atom. The Balaban J connectivity index is 1.38. The molecule has 2 saturated heterocycles. The van der Waals surface area contributed by atoms with Crippen LogP contribution in [0.5, 0.6) is 5.75 Å². The fraction of sp³-hybridized carbons (Fsp3) is 0.435. The first-order valence-corrected chi connectivity index (χ1v) is 10.3. The van der Waals surface area contributed by atoms with E-state index in [0.29, 0.717) is 23.0 Å². The first-order chi connectivity index (χ1) is 14.2. The maximum absolute atomic E-state index is 14.1. The molecule has 0 aromatic heterocycles. The van der Waals surface area contributed by atoms with Crippen LogP contribution in [0.4, 0.5) is 10.1 Å². The number of anilines is 1. The predicted molar refractivity (Wildman–Crippen MR) is 112 cm³/mol. The Kier molecular flexibility index (Phi) is 6.00. The van der Waals surface area contributed by atoms with E-state index in [1.807, 2.05) is 41.3 Å². The van der Waals surface area contributed by atoms with Crippen molar-refractivity contribution in [3.05, 3.63) is 59.9 Å². The third-order valence-electron chi connectivity index (χ3n) is 6.04. The minimum Gasteiger partial charge on any atom is -0.496 e. The van der Waals surface area contributed by atoms with Gasteiger partial charge in [-0.05, 0) is 37.1 Å². The van der Waals surface area contributed by atoms with Crippen molar-refractivity contribution in [2.24, 2.45) is 0 Å². The van der Waals surface area contributed by atoms with Crippen LogP contribution in [-0.2, 0) is 0 Å². The van der Waals surface area contributed by atoms with Crippen LogP contribution in [-0.4, -0.2) is 68.1 Å². The number of carbonyl (C=O) groups is 1. The fourth-order valence-electron chi connectivity index (χ4n) is 4.47. The van der Waals surface area contributed by atoms with Gasteiger partial charge in [0.25, 0.3) is 5.91 Å². The molecule has 29 heavy (non-hydrogen) atoms. The zero-order valence-corrected chi connectivity index (χ0v) is 16.9. The highest BCUT2D eigenvalue weighted by atomic mass is 19.1. The summed E-state index contributed by atoms with van der Waals surface area (Å²) < 4.78 is 19.4. The second-order valence-electron chi connectivity index (χ2n) is 7.72. The number of methoxy groups -OCH3 is 1. The number of hydrogen-bond acceptors (Lipinski definition) is 4. The van der Waals surface area contributed by atoms with E-state index in [4.69, 9.17) is 4.74 Å². The molecule has 4 rings (SSSR count). The van der Waals surface area contributed by atoms with Crippen LogP contribution < -0.4 is 9.64 Å². The van der Waals surface area contributed by atoms with Gasteiger partial charge in [-0.3, -0.25) is 9.69 Å². The Hall–Kier alpha value is -2.60. The molecule has 0 spiro atoms. The van der Waals surface area contributed by atoms with Crippen LogP contribution in [0.2, 0.25) is 0 Å². The lowest BCUT2D eigenvalue weighted by molar-refractivity contribution is 0.0560. The van der Waals surface area contributed by atoms with Gasteiger partial charge in [-0.15, -0.1) is 0 Å². The Bertz CT molecular complexity index is 852. The fourth-order valence-corrected chi connectivity index (χ4v) is 4.47. The first-order valence-electron chi connectivity index (χ1n) is 10.3. The molecule has 2 aromatic carbocycles. The number of para-hydroxylation sites is 2. The highest BCUT2D eigenvalue weighted by Gasteiger charge is 2.31. The monoisotopic (exact) mass is 397 g/mol. The van der Waals surface area contributed by atoms with Crippen molar-refractivity contribution in [1.29, 1.82) is 0 Å². The number of amides is 1. The molecule has 1 atom stereocenters. The highest BCUT2D eigenvalue weighted by molar-refractivity contribution is 5.97. The topological polar surface area (TPSA) is 36.0 Å². The standard InChI is InChI=1S/C23H28FN3O2/c1-29-22-11-5-2-8-19(22)23(28)27-12-6-7-18(17-27)25-13-15-26(16-14-25)21-10-4-3-9-20(21)24/h2-5,8-11,18H,6-7,12-17H2,1H3/t18-/m1/s1. The van der Waals surface area contributed by atoms with Crippen molar-refractivity contribution in [3.8, 4) is 5.75 Å². The van der Waals surface area contributed by atoms with Crippen LogP contribution >= 0.6 is 0 Å². The molecule has 0 unspecified atom stereocenters. The van der Waals surface area contributed by atoms with Gasteiger partial charge in [0.05, 0.1) is 18.4 Å². The normalized spacial score (nSPS) is 20.6. The van der Waals surface area contributed by atoms with Crippen molar-refractivity contribution < 1.29 is 13.9 Å². The summed E-state index contributed by atoms with van der Waals surface area (Å²) in [6, 6.07) is 14.7. The second-order valence-corrected chi connectivity index (χ2v) is 7.72. The van der Waals surface area contributed by atoms with Gasteiger partial charge in [-0.2, -0.15) is 0 Å². The van der Waals surface area contributed by atoms with E-state index in [2.05, 4.69) is 9.80 Å². The summed E-state index contributed by atoms with van der Waals surface area (Å²) in [5.74, 6) is 0.502. The summed E-state index contributed by atoms with van der Waals surface area (Å²) in [6.07, 6.45) is 2.09. The molecule has 5 nitrogen and oxygen atoms in total. The van der Waals surface area contributed by atoms with E-state index in [-0.39, 0.29) is 11.7 Å². The van der Waals surface area contributed by atoms with E-state index in [1.54, 1.807) is 13.2 Å². The number of piperazine rings is 1. The molecule has 2 aromatic rings. The van der Waals surface area contributed by atoms with Crippen LogP contribution in [0.25, 0.3) is 0 Å². The molecule has 0 saturated carbocycles. The number of nitrogens with zero attached hydrogens (tertiary/aromatic N) is 3. The summed E-state index contributed by atoms with van der Waals surface area (Å²) in [5, 5.41) is 0. The largest absolute Gasteiger partial charge is 0.496 e. The van der Waals surface area contributed by atoms with E-state index in [0.717, 1.165) is 52.1 Å². The number of hydrogen-bond donors (Lipinski definition) is 0. The maximum atomic E-state index is 14.1.